The van der Waals surface area contributed by atoms with Crippen molar-refractivity contribution in [3.63, 3.8) is 0 Å². The molecule has 138 valence electrons. The second-order valence-corrected chi connectivity index (χ2v) is 6.54. The van der Waals surface area contributed by atoms with Crippen LogP contribution in [0.3, 0.4) is 0 Å². The maximum Gasteiger partial charge on any atom is 0.416 e. The molecule has 25 heavy (non-hydrogen) atoms. The van der Waals surface area contributed by atoms with Crippen LogP contribution < -0.4 is 20.7 Å². The normalized spacial score (nSPS) is 19.2. The monoisotopic (exact) mass is 357 g/mol. The molecular weight excluding hydrogens is 335 g/mol. The fourth-order valence-electron chi connectivity index (χ4n) is 3.02. The average Bonchev–Trinajstić information content (AvgIpc) is 2.51. The standard InChI is InChI=1S/C17H22F3N3O2/c18-17(19,20)11-6-7-15(25-13-9-21-10-13)14(8-11)23-16(24)22-12-4-2-1-3-5-12/h6-8,12-13,21H,1-5,9-10H2,(H2,22,23,24). The smallest absolute Gasteiger partial charge is 0.416 e. The van der Waals surface area contributed by atoms with Gasteiger partial charge in [0.15, 0.2) is 0 Å². The minimum atomic E-state index is -4.48. The molecule has 0 spiro atoms. The van der Waals surface area contributed by atoms with Gasteiger partial charge in [0.05, 0.1) is 11.3 Å². The molecule has 2 aliphatic rings. The van der Waals surface area contributed by atoms with E-state index in [0.717, 1.165) is 44.2 Å². The van der Waals surface area contributed by atoms with Gasteiger partial charge < -0.3 is 20.7 Å². The highest BCUT2D eigenvalue weighted by Crippen LogP contribution is 2.35. The van der Waals surface area contributed by atoms with Crippen molar-refractivity contribution in [2.75, 3.05) is 18.4 Å². The molecule has 5 nitrogen and oxygen atoms in total. The Kier molecular flexibility index (Phi) is 5.36. The number of carbonyl (C=O) groups excluding carboxylic acids is 1. The molecule has 0 aromatic heterocycles. The summed E-state index contributed by atoms with van der Waals surface area (Å²) in [6.07, 6.45) is 0.474. The van der Waals surface area contributed by atoms with Gasteiger partial charge in [0.1, 0.15) is 11.9 Å². The Bertz CT molecular complexity index is 612. The molecule has 1 aromatic carbocycles. The van der Waals surface area contributed by atoms with Crippen LogP contribution in [-0.4, -0.2) is 31.3 Å². The summed E-state index contributed by atoms with van der Waals surface area (Å²) in [5.74, 6) is 0.248. The second kappa shape index (κ2) is 7.51. The molecule has 0 radical (unpaired) electrons. The van der Waals surface area contributed by atoms with Crippen molar-refractivity contribution in [1.82, 2.24) is 10.6 Å². The lowest BCUT2D eigenvalue weighted by Crippen LogP contribution is -2.50. The van der Waals surface area contributed by atoms with Gasteiger partial charge in [0.25, 0.3) is 0 Å². The fraction of sp³-hybridized carbons (Fsp3) is 0.588. The Morgan fingerprint density at radius 1 is 1.16 bits per heavy atom. The summed E-state index contributed by atoms with van der Waals surface area (Å²) in [7, 11) is 0. The molecule has 1 aliphatic heterocycles. The van der Waals surface area contributed by atoms with E-state index in [1.165, 1.54) is 6.07 Å². The first-order valence-corrected chi connectivity index (χ1v) is 8.58. The van der Waals surface area contributed by atoms with Crippen LogP contribution in [0, 0.1) is 0 Å². The van der Waals surface area contributed by atoms with E-state index in [0.29, 0.717) is 13.1 Å². The molecule has 3 N–H and O–H groups in total. The van der Waals surface area contributed by atoms with Crippen LogP contribution >= 0.6 is 0 Å². The molecule has 1 heterocycles. The van der Waals surface area contributed by atoms with Gasteiger partial charge in [-0.2, -0.15) is 13.2 Å². The van der Waals surface area contributed by atoms with Gasteiger partial charge in [-0.1, -0.05) is 19.3 Å². The van der Waals surface area contributed by atoms with Crippen LogP contribution in [0.25, 0.3) is 0 Å². The zero-order valence-electron chi connectivity index (χ0n) is 13.8. The number of benzene rings is 1. The van der Waals surface area contributed by atoms with Gasteiger partial charge in [0, 0.05) is 19.1 Å². The molecule has 0 bridgehead atoms. The van der Waals surface area contributed by atoms with Crippen molar-refractivity contribution >= 4 is 11.7 Å². The summed E-state index contributed by atoms with van der Waals surface area (Å²) >= 11 is 0. The number of ether oxygens (including phenoxy) is 1. The quantitative estimate of drug-likeness (QED) is 0.773. The second-order valence-electron chi connectivity index (χ2n) is 6.54. The predicted octanol–water partition coefficient (Wildman–Crippen LogP) is 3.51. The van der Waals surface area contributed by atoms with E-state index in [2.05, 4.69) is 16.0 Å². The van der Waals surface area contributed by atoms with E-state index in [9.17, 15) is 18.0 Å². The number of urea groups is 1. The van der Waals surface area contributed by atoms with E-state index in [4.69, 9.17) is 4.74 Å². The molecule has 8 heteroatoms. The van der Waals surface area contributed by atoms with Gasteiger partial charge in [-0.15, -0.1) is 0 Å². The van der Waals surface area contributed by atoms with Crippen molar-refractivity contribution < 1.29 is 22.7 Å². The summed E-state index contributed by atoms with van der Waals surface area (Å²) in [5.41, 5.74) is -0.783. The number of nitrogens with one attached hydrogen (secondary N) is 3. The van der Waals surface area contributed by atoms with Gasteiger partial charge in [-0.25, -0.2) is 4.79 Å². The Balaban J connectivity index is 1.72. The predicted molar refractivity (Wildman–Crippen MR) is 87.8 cm³/mol. The Hall–Kier alpha value is -1.96. The third-order valence-corrected chi connectivity index (χ3v) is 4.53. The van der Waals surface area contributed by atoms with Gasteiger partial charge >= 0.3 is 12.2 Å². The summed E-state index contributed by atoms with van der Waals surface area (Å²) in [4.78, 5) is 12.2. The number of anilines is 1. The summed E-state index contributed by atoms with van der Waals surface area (Å²) in [6.45, 7) is 1.27. The highest BCUT2D eigenvalue weighted by Gasteiger charge is 2.32. The number of alkyl halides is 3. The number of hydrogen-bond donors (Lipinski definition) is 3. The van der Waals surface area contributed by atoms with Crippen molar-refractivity contribution in [1.29, 1.82) is 0 Å². The van der Waals surface area contributed by atoms with E-state index in [1.54, 1.807) is 0 Å². The summed E-state index contributed by atoms with van der Waals surface area (Å²) in [5, 5.41) is 8.39. The lowest BCUT2D eigenvalue weighted by atomic mass is 9.96. The van der Waals surface area contributed by atoms with Crippen LogP contribution in [0.1, 0.15) is 37.7 Å². The van der Waals surface area contributed by atoms with Crippen molar-refractivity contribution in [3.05, 3.63) is 23.8 Å². The molecule has 1 aromatic rings. The Morgan fingerprint density at radius 3 is 2.48 bits per heavy atom. The third kappa shape index (κ3) is 4.78. The topological polar surface area (TPSA) is 62.4 Å². The zero-order chi connectivity index (χ0) is 17.9. The lowest BCUT2D eigenvalue weighted by molar-refractivity contribution is -0.137. The fourth-order valence-corrected chi connectivity index (χ4v) is 3.02. The number of carbonyl (C=O) groups is 1. The van der Waals surface area contributed by atoms with Crippen LogP contribution in [0.4, 0.5) is 23.7 Å². The van der Waals surface area contributed by atoms with Crippen molar-refractivity contribution in [2.45, 2.75) is 50.4 Å². The first kappa shape index (κ1) is 17.8. The average molecular weight is 357 g/mol. The Labute approximate surface area is 144 Å². The van der Waals surface area contributed by atoms with E-state index in [-0.39, 0.29) is 23.6 Å². The van der Waals surface area contributed by atoms with Gasteiger partial charge in [-0.05, 0) is 31.0 Å². The SMILES string of the molecule is O=C(Nc1cc(C(F)(F)F)ccc1OC1CNC1)NC1CCCCC1. The molecule has 1 saturated heterocycles. The number of rotatable bonds is 4. The molecule has 2 amide bonds. The van der Waals surface area contributed by atoms with Crippen LogP contribution in [-0.2, 0) is 6.18 Å². The summed E-state index contributed by atoms with van der Waals surface area (Å²) in [6, 6.07) is 2.72. The minimum absolute atomic E-state index is 0.0371. The maximum absolute atomic E-state index is 13.0. The van der Waals surface area contributed by atoms with Crippen molar-refractivity contribution in [2.24, 2.45) is 0 Å². The van der Waals surface area contributed by atoms with Crippen LogP contribution in [0.5, 0.6) is 5.75 Å². The summed E-state index contributed by atoms with van der Waals surface area (Å²) < 4.78 is 44.6. The van der Waals surface area contributed by atoms with E-state index < -0.39 is 17.8 Å². The maximum atomic E-state index is 13.0. The number of halogens is 3. The van der Waals surface area contributed by atoms with E-state index >= 15 is 0 Å². The molecular formula is C17H22F3N3O2. The number of amides is 2. The molecule has 3 rings (SSSR count). The van der Waals surface area contributed by atoms with Gasteiger partial charge in [0.2, 0.25) is 0 Å². The molecule has 2 fully saturated rings. The van der Waals surface area contributed by atoms with Gasteiger partial charge in [-0.3, -0.25) is 0 Å². The minimum Gasteiger partial charge on any atom is -0.486 e. The first-order valence-electron chi connectivity index (χ1n) is 8.58. The zero-order valence-corrected chi connectivity index (χ0v) is 13.8. The van der Waals surface area contributed by atoms with Crippen molar-refractivity contribution in [3.8, 4) is 5.75 Å². The molecule has 1 aliphatic carbocycles. The first-order chi connectivity index (χ1) is 11.9. The Morgan fingerprint density at radius 2 is 1.88 bits per heavy atom. The lowest BCUT2D eigenvalue weighted by Gasteiger charge is -2.29. The molecule has 1 saturated carbocycles. The molecule has 0 atom stereocenters. The van der Waals surface area contributed by atoms with Crippen LogP contribution in [0.2, 0.25) is 0 Å². The highest BCUT2D eigenvalue weighted by molar-refractivity contribution is 5.91. The highest BCUT2D eigenvalue weighted by atomic mass is 19.4. The third-order valence-electron chi connectivity index (χ3n) is 4.53. The van der Waals surface area contributed by atoms with E-state index in [1.807, 2.05) is 0 Å². The molecule has 0 unspecified atom stereocenters. The van der Waals surface area contributed by atoms with Crippen LogP contribution in [0.15, 0.2) is 18.2 Å². The largest absolute Gasteiger partial charge is 0.486 e. The number of hydrogen-bond acceptors (Lipinski definition) is 3.